The highest BCUT2D eigenvalue weighted by molar-refractivity contribution is 7.89. The molecule has 0 atom stereocenters. The van der Waals surface area contributed by atoms with Crippen LogP contribution in [0.15, 0.2) is 29.2 Å². The van der Waals surface area contributed by atoms with E-state index >= 15 is 0 Å². The Bertz CT molecular complexity index is 743. The zero-order chi connectivity index (χ0) is 15.6. The fourth-order valence-corrected chi connectivity index (χ4v) is 3.68. The monoisotopic (exact) mass is 329 g/mol. The maximum Gasteiger partial charge on any atom is 0.246 e. The first-order valence-corrected chi connectivity index (χ1v) is 8.04. The second-order valence-electron chi connectivity index (χ2n) is 4.64. The number of aromatic nitrogens is 2. The van der Waals surface area contributed by atoms with Gasteiger partial charge in [0.2, 0.25) is 10.0 Å². The third-order valence-electron chi connectivity index (χ3n) is 3.13. The molecular formula is C13H16ClN3O3S. The lowest BCUT2D eigenvalue weighted by molar-refractivity contribution is 0.273. The van der Waals surface area contributed by atoms with E-state index in [1.165, 1.54) is 11.4 Å². The Hall–Kier alpha value is -1.41. The van der Waals surface area contributed by atoms with Crippen LogP contribution in [0.3, 0.4) is 0 Å². The third kappa shape index (κ3) is 3.11. The van der Waals surface area contributed by atoms with Crippen molar-refractivity contribution in [2.75, 3.05) is 7.05 Å². The number of aromatic amines is 1. The second-order valence-corrected chi connectivity index (χ2v) is 7.02. The van der Waals surface area contributed by atoms with Crippen LogP contribution in [0.4, 0.5) is 0 Å². The highest BCUT2D eigenvalue weighted by Gasteiger charge is 2.28. The Morgan fingerprint density at radius 3 is 2.67 bits per heavy atom. The Morgan fingerprint density at radius 2 is 2.05 bits per heavy atom. The molecule has 1 aromatic heterocycles. The summed E-state index contributed by atoms with van der Waals surface area (Å²) >= 11 is 6.05. The van der Waals surface area contributed by atoms with Crippen LogP contribution < -0.4 is 0 Å². The molecule has 0 radical (unpaired) electrons. The molecule has 1 heterocycles. The number of aliphatic hydroxyl groups excluding tert-OH is 1. The molecule has 0 aliphatic rings. The van der Waals surface area contributed by atoms with Crippen molar-refractivity contribution in [3.05, 3.63) is 46.2 Å². The van der Waals surface area contributed by atoms with E-state index in [0.717, 1.165) is 0 Å². The van der Waals surface area contributed by atoms with Crippen molar-refractivity contribution in [2.45, 2.75) is 25.0 Å². The van der Waals surface area contributed by atoms with Gasteiger partial charge >= 0.3 is 0 Å². The Kier molecular flexibility index (Phi) is 4.67. The molecular weight excluding hydrogens is 314 g/mol. The molecule has 8 heteroatoms. The Balaban J connectivity index is 2.35. The molecule has 0 aliphatic heterocycles. The van der Waals surface area contributed by atoms with Crippen molar-refractivity contribution in [3.63, 3.8) is 0 Å². The van der Waals surface area contributed by atoms with Gasteiger partial charge in [0.25, 0.3) is 0 Å². The van der Waals surface area contributed by atoms with E-state index in [-0.39, 0.29) is 17.1 Å². The zero-order valence-electron chi connectivity index (χ0n) is 11.7. The quantitative estimate of drug-likeness (QED) is 0.874. The van der Waals surface area contributed by atoms with E-state index < -0.39 is 16.6 Å². The minimum atomic E-state index is -3.76. The van der Waals surface area contributed by atoms with Gasteiger partial charge < -0.3 is 5.11 Å². The maximum absolute atomic E-state index is 12.6. The molecule has 0 bridgehead atoms. The summed E-state index contributed by atoms with van der Waals surface area (Å²) in [6, 6.07) is 7.05. The number of nitrogens with one attached hydrogen (secondary N) is 1. The van der Waals surface area contributed by atoms with Gasteiger partial charge in [0.1, 0.15) is 10.6 Å². The summed E-state index contributed by atoms with van der Waals surface area (Å²) in [7, 11) is -2.30. The number of benzene rings is 1. The first kappa shape index (κ1) is 16.0. The molecule has 21 heavy (non-hydrogen) atoms. The van der Waals surface area contributed by atoms with Crippen molar-refractivity contribution >= 4 is 21.6 Å². The van der Waals surface area contributed by atoms with Gasteiger partial charge in [0.15, 0.2) is 0 Å². The number of H-pyrrole nitrogens is 1. The maximum atomic E-state index is 12.6. The van der Waals surface area contributed by atoms with Gasteiger partial charge in [0, 0.05) is 18.6 Å². The number of rotatable bonds is 5. The average molecular weight is 330 g/mol. The number of sulfonamides is 1. The average Bonchev–Trinajstić information content (AvgIpc) is 2.83. The second kappa shape index (κ2) is 6.15. The van der Waals surface area contributed by atoms with Crippen molar-refractivity contribution in [3.8, 4) is 0 Å². The number of nitrogens with zero attached hydrogens (tertiary/aromatic N) is 2. The van der Waals surface area contributed by atoms with E-state index in [9.17, 15) is 13.5 Å². The SMILES string of the molecule is Cc1[nH]nc(CO)c1S(=O)(=O)N(C)Cc1ccccc1Cl. The largest absolute Gasteiger partial charge is 0.390 e. The van der Waals surface area contributed by atoms with Gasteiger partial charge in [0.05, 0.1) is 12.3 Å². The first-order valence-electron chi connectivity index (χ1n) is 6.22. The summed E-state index contributed by atoms with van der Waals surface area (Å²) in [6.07, 6.45) is 0. The topological polar surface area (TPSA) is 86.3 Å². The van der Waals surface area contributed by atoms with Gasteiger partial charge in [-0.3, -0.25) is 5.10 Å². The fourth-order valence-electron chi connectivity index (χ4n) is 2.03. The van der Waals surface area contributed by atoms with Crippen LogP contribution in [0, 0.1) is 6.92 Å². The molecule has 0 unspecified atom stereocenters. The van der Waals surface area contributed by atoms with Crippen LogP contribution in [0.1, 0.15) is 17.0 Å². The summed E-state index contributed by atoms with van der Waals surface area (Å²) in [5.74, 6) is 0. The lowest BCUT2D eigenvalue weighted by Crippen LogP contribution is -2.27. The van der Waals surface area contributed by atoms with Gasteiger partial charge in [-0.2, -0.15) is 9.40 Å². The molecule has 6 nitrogen and oxygen atoms in total. The van der Waals surface area contributed by atoms with E-state index in [1.807, 2.05) is 0 Å². The van der Waals surface area contributed by atoms with Crippen molar-refractivity contribution in [1.29, 1.82) is 0 Å². The molecule has 0 spiro atoms. The van der Waals surface area contributed by atoms with E-state index in [4.69, 9.17) is 11.6 Å². The highest BCUT2D eigenvalue weighted by Crippen LogP contribution is 2.24. The minimum absolute atomic E-state index is 0.0135. The number of hydrogen-bond donors (Lipinski definition) is 2. The first-order chi connectivity index (χ1) is 9.87. The Morgan fingerprint density at radius 1 is 1.38 bits per heavy atom. The minimum Gasteiger partial charge on any atom is -0.390 e. The number of aliphatic hydroxyl groups is 1. The summed E-state index contributed by atoms with van der Waals surface area (Å²) in [5, 5.41) is 16.1. The van der Waals surface area contributed by atoms with Gasteiger partial charge in [-0.25, -0.2) is 8.42 Å². The lowest BCUT2D eigenvalue weighted by atomic mass is 10.2. The van der Waals surface area contributed by atoms with Crippen LogP contribution in [0.2, 0.25) is 5.02 Å². The molecule has 0 amide bonds. The van der Waals surface area contributed by atoms with E-state index in [1.54, 1.807) is 31.2 Å². The van der Waals surface area contributed by atoms with Gasteiger partial charge in [-0.15, -0.1) is 0 Å². The summed E-state index contributed by atoms with van der Waals surface area (Å²) in [4.78, 5) is 0.0135. The molecule has 0 saturated heterocycles. The third-order valence-corrected chi connectivity index (χ3v) is 5.51. The Labute approximate surface area is 128 Å². The summed E-state index contributed by atoms with van der Waals surface area (Å²) in [5.41, 5.74) is 1.21. The summed E-state index contributed by atoms with van der Waals surface area (Å²) in [6.45, 7) is 1.29. The lowest BCUT2D eigenvalue weighted by Gasteiger charge is -2.18. The predicted molar refractivity (Wildman–Crippen MR) is 79.4 cm³/mol. The highest BCUT2D eigenvalue weighted by atomic mass is 35.5. The molecule has 0 saturated carbocycles. The smallest absolute Gasteiger partial charge is 0.246 e. The van der Waals surface area contributed by atoms with Gasteiger partial charge in [-0.1, -0.05) is 29.8 Å². The number of aryl methyl sites for hydroxylation is 1. The van der Waals surface area contributed by atoms with Gasteiger partial charge in [-0.05, 0) is 18.6 Å². The number of hydrogen-bond acceptors (Lipinski definition) is 4. The van der Waals surface area contributed by atoms with E-state index in [0.29, 0.717) is 16.3 Å². The van der Waals surface area contributed by atoms with Crippen molar-refractivity contribution < 1.29 is 13.5 Å². The van der Waals surface area contributed by atoms with Crippen LogP contribution >= 0.6 is 11.6 Å². The zero-order valence-corrected chi connectivity index (χ0v) is 13.2. The predicted octanol–water partition coefficient (Wildman–Crippen LogP) is 1.68. The van der Waals surface area contributed by atoms with E-state index in [2.05, 4.69) is 10.2 Å². The van der Waals surface area contributed by atoms with Crippen molar-refractivity contribution in [1.82, 2.24) is 14.5 Å². The fraction of sp³-hybridized carbons (Fsp3) is 0.308. The standard InChI is InChI=1S/C13H16ClN3O3S/c1-9-13(12(8-18)16-15-9)21(19,20)17(2)7-10-5-3-4-6-11(10)14/h3-6,18H,7-8H2,1-2H3,(H,15,16). The molecule has 2 rings (SSSR count). The normalized spacial score (nSPS) is 12.0. The van der Waals surface area contributed by atoms with Crippen LogP contribution in [-0.4, -0.2) is 35.1 Å². The summed E-state index contributed by atoms with van der Waals surface area (Å²) < 4.78 is 26.4. The van der Waals surface area contributed by atoms with Crippen LogP contribution in [0.25, 0.3) is 0 Å². The number of halogens is 1. The van der Waals surface area contributed by atoms with Crippen molar-refractivity contribution in [2.24, 2.45) is 0 Å². The van der Waals surface area contributed by atoms with Crippen LogP contribution in [-0.2, 0) is 23.2 Å². The molecule has 114 valence electrons. The molecule has 2 aromatic rings. The molecule has 1 aromatic carbocycles. The molecule has 2 N–H and O–H groups in total. The molecule has 0 fully saturated rings. The molecule has 0 aliphatic carbocycles. The van der Waals surface area contributed by atoms with Crippen LogP contribution in [0.5, 0.6) is 0 Å².